The van der Waals surface area contributed by atoms with E-state index in [0.29, 0.717) is 22.9 Å². The molecule has 1 rings (SSSR count). The van der Waals surface area contributed by atoms with E-state index in [2.05, 4.69) is 21.2 Å². The average Bonchev–Trinajstić information content (AvgIpc) is 2.26. The summed E-state index contributed by atoms with van der Waals surface area (Å²) in [6.07, 6.45) is 0. The van der Waals surface area contributed by atoms with E-state index in [-0.39, 0.29) is 5.91 Å². The molecular weight excluding hydrogens is 261 g/mol. The van der Waals surface area contributed by atoms with Crippen LogP contribution in [0.5, 0.6) is 0 Å². The summed E-state index contributed by atoms with van der Waals surface area (Å²) < 4.78 is 0. The zero-order valence-corrected chi connectivity index (χ0v) is 9.57. The molecule has 4 nitrogen and oxygen atoms in total. The molecule has 0 saturated carbocycles. The number of halogens is 1. The lowest BCUT2D eigenvalue weighted by molar-refractivity contribution is 0.0956. The minimum atomic E-state index is -1.55. The molecule has 0 saturated heterocycles. The SMILES string of the molecule is O=C(NCCBr)c1cccc(B(O)O)c1. The van der Waals surface area contributed by atoms with Crippen molar-refractivity contribution in [2.75, 3.05) is 11.9 Å². The minimum absolute atomic E-state index is 0.225. The Morgan fingerprint density at radius 2 is 2.20 bits per heavy atom. The van der Waals surface area contributed by atoms with Crippen LogP contribution in [0, 0.1) is 0 Å². The number of amides is 1. The molecule has 15 heavy (non-hydrogen) atoms. The molecule has 0 fully saturated rings. The van der Waals surface area contributed by atoms with Gasteiger partial charge in [-0.3, -0.25) is 4.79 Å². The summed E-state index contributed by atoms with van der Waals surface area (Å²) in [4.78, 5) is 11.5. The highest BCUT2D eigenvalue weighted by Crippen LogP contribution is 1.97. The fraction of sp³-hybridized carbons (Fsp3) is 0.222. The van der Waals surface area contributed by atoms with Crippen molar-refractivity contribution >= 4 is 34.4 Å². The lowest BCUT2D eigenvalue weighted by Crippen LogP contribution is -2.32. The van der Waals surface area contributed by atoms with Crippen molar-refractivity contribution in [3.8, 4) is 0 Å². The zero-order chi connectivity index (χ0) is 11.3. The number of hydrogen-bond acceptors (Lipinski definition) is 3. The van der Waals surface area contributed by atoms with Gasteiger partial charge in [-0.05, 0) is 17.6 Å². The highest BCUT2D eigenvalue weighted by molar-refractivity contribution is 9.09. The van der Waals surface area contributed by atoms with Crippen LogP contribution in [0.3, 0.4) is 0 Å². The van der Waals surface area contributed by atoms with E-state index in [0.717, 1.165) is 0 Å². The van der Waals surface area contributed by atoms with E-state index in [1.807, 2.05) is 0 Å². The van der Waals surface area contributed by atoms with Gasteiger partial charge in [0.15, 0.2) is 0 Å². The van der Waals surface area contributed by atoms with Gasteiger partial charge in [-0.15, -0.1) is 0 Å². The summed E-state index contributed by atoms with van der Waals surface area (Å²) in [5.74, 6) is -0.225. The lowest BCUT2D eigenvalue weighted by Gasteiger charge is -2.05. The van der Waals surface area contributed by atoms with Crippen molar-refractivity contribution in [1.82, 2.24) is 5.32 Å². The Labute approximate surface area is 96.6 Å². The van der Waals surface area contributed by atoms with Crippen LogP contribution in [0.15, 0.2) is 24.3 Å². The first-order valence-corrected chi connectivity index (χ1v) is 5.57. The van der Waals surface area contributed by atoms with Crippen molar-refractivity contribution in [3.05, 3.63) is 29.8 Å². The van der Waals surface area contributed by atoms with Crippen LogP contribution in [0.25, 0.3) is 0 Å². The number of hydrogen-bond donors (Lipinski definition) is 3. The van der Waals surface area contributed by atoms with Gasteiger partial charge in [0.25, 0.3) is 5.91 Å². The number of rotatable bonds is 4. The molecule has 0 unspecified atom stereocenters. The molecule has 0 radical (unpaired) electrons. The fourth-order valence-corrected chi connectivity index (χ4v) is 1.30. The lowest BCUT2D eigenvalue weighted by atomic mass is 9.79. The molecule has 0 spiro atoms. The van der Waals surface area contributed by atoms with Crippen LogP contribution in [-0.4, -0.2) is 34.9 Å². The number of alkyl halides is 1. The molecule has 0 aliphatic rings. The third kappa shape index (κ3) is 3.66. The van der Waals surface area contributed by atoms with E-state index >= 15 is 0 Å². The minimum Gasteiger partial charge on any atom is -0.423 e. The third-order valence-corrected chi connectivity index (χ3v) is 2.22. The topological polar surface area (TPSA) is 69.6 Å². The Hall–Kier alpha value is -0.845. The predicted octanol–water partition coefficient (Wildman–Crippen LogP) is -0.509. The second-order valence-electron chi connectivity index (χ2n) is 2.94. The Morgan fingerprint density at radius 3 is 2.80 bits per heavy atom. The number of carbonyl (C=O) groups is 1. The first-order chi connectivity index (χ1) is 7.15. The molecule has 0 aliphatic carbocycles. The summed E-state index contributed by atoms with van der Waals surface area (Å²) in [5, 5.41) is 21.2. The molecule has 1 aromatic carbocycles. The summed E-state index contributed by atoms with van der Waals surface area (Å²) in [6, 6.07) is 6.23. The monoisotopic (exact) mass is 271 g/mol. The molecule has 6 heteroatoms. The fourth-order valence-electron chi connectivity index (χ4n) is 1.10. The van der Waals surface area contributed by atoms with Crippen molar-refractivity contribution in [3.63, 3.8) is 0 Å². The van der Waals surface area contributed by atoms with Crippen LogP contribution < -0.4 is 10.8 Å². The van der Waals surface area contributed by atoms with Crippen molar-refractivity contribution in [1.29, 1.82) is 0 Å². The first kappa shape index (κ1) is 12.2. The summed E-state index contributed by atoms with van der Waals surface area (Å²) >= 11 is 3.19. The van der Waals surface area contributed by atoms with Gasteiger partial charge in [0.2, 0.25) is 0 Å². The Kier molecular flexibility index (Phi) is 4.81. The van der Waals surface area contributed by atoms with Gasteiger partial charge in [0.1, 0.15) is 0 Å². The highest BCUT2D eigenvalue weighted by atomic mass is 79.9. The van der Waals surface area contributed by atoms with Crippen LogP contribution in [0.4, 0.5) is 0 Å². The van der Waals surface area contributed by atoms with Crippen molar-refractivity contribution in [2.45, 2.75) is 0 Å². The van der Waals surface area contributed by atoms with Gasteiger partial charge in [-0.2, -0.15) is 0 Å². The molecule has 0 heterocycles. The summed E-state index contributed by atoms with van der Waals surface area (Å²) in [6.45, 7) is 0.532. The molecular formula is C9H11BBrNO3. The standard InChI is InChI=1S/C9H11BBrNO3/c11-4-5-12-9(13)7-2-1-3-8(6-7)10(14)15/h1-3,6,14-15H,4-5H2,(H,12,13). The van der Waals surface area contributed by atoms with Crippen LogP contribution in [-0.2, 0) is 0 Å². The van der Waals surface area contributed by atoms with E-state index in [1.54, 1.807) is 18.2 Å². The normalized spacial score (nSPS) is 9.80. The molecule has 0 atom stereocenters. The quantitative estimate of drug-likeness (QED) is 0.510. The Bertz CT molecular complexity index is 346. The molecule has 0 aliphatic heterocycles. The van der Waals surface area contributed by atoms with E-state index < -0.39 is 7.12 Å². The van der Waals surface area contributed by atoms with E-state index in [4.69, 9.17) is 10.0 Å². The van der Waals surface area contributed by atoms with Gasteiger partial charge >= 0.3 is 7.12 Å². The smallest absolute Gasteiger partial charge is 0.423 e. The number of carbonyl (C=O) groups excluding carboxylic acids is 1. The van der Waals surface area contributed by atoms with E-state index in [1.165, 1.54) is 6.07 Å². The largest absolute Gasteiger partial charge is 0.488 e. The van der Waals surface area contributed by atoms with Gasteiger partial charge in [-0.1, -0.05) is 28.1 Å². The Morgan fingerprint density at radius 1 is 1.47 bits per heavy atom. The average molecular weight is 272 g/mol. The second-order valence-corrected chi connectivity index (χ2v) is 3.74. The predicted molar refractivity (Wildman–Crippen MR) is 62.4 cm³/mol. The Balaban J connectivity index is 2.76. The number of benzene rings is 1. The van der Waals surface area contributed by atoms with Gasteiger partial charge in [0, 0.05) is 17.4 Å². The van der Waals surface area contributed by atoms with Crippen LogP contribution in [0.2, 0.25) is 0 Å². The van der Waals surface area contributed by atoms with Crippen LogP contribution in [0.1, 0.15) is 10.4 Å². The maximum absolute atomic E-state index is 11.5. The van der Waals surface area contributed by atoms with Gasteiger partial charge < -0.3 is 15.4 Å². The molecule has 3 N–H and O–H groups in total. The van der Waals surface area contributed by atoms with Crippen molar-refractivity contribution < 1.29 is 14.8 Å². The van der Waals surface area contributed by atoms with Gasteiger partial charge in [-0.25, -0.2) is 0 Å². The molecule has 80 valence electrons. The maximum Gasteiger partial charge on any atom is 0.488 e. The first-order valence-electron chi connectivity index (χ1n) is 4.45. The van der Waals surface area contributed by atoms with E-state index in [9.17, 15) is 4.79 Å². The molecule has 1 aromatic rings. The van der Waals surface area contributed by atoms with Gasteiger partial charge in [0.05, 0.1) is 0 Å². The number of nitrogens with one attached hydrogen (secondary N) is 1. The summed E-state index contributed by atoms with van der Waals surface area (Å²) in [5.41, 5.74) is 0.725. The maximum atomic E-state index is 11.5. The molecule has 1 amide bonds. The highest BCUT2D eigenvalue weighted by Gasteiger charge is 2.13. The summed E-state index contributed by atoms with van der Waals surface area (Å²) in [7, 11) is -1.55. The second kappa shape index (κ2) is 5.90. The zero-order valence-electron chi connectivity index (χ0n) is 7.98. The van der Waals surface area contributed by atoms with Crippen molar-refractivity contribution in [2.24, 2.45) is 0 Å². The molecule has 0 bridgehead atoms. The molecule has 0 aromatic heterocycles. The third-order valence-electron chi connectivity index (χ3n) is 1.83. The van der Waals surface area contributed by atoms with Crippen LogP contribution >= 0.6 is 15.9 Å².